The number of benzene rings is 2. The Morgan fingerprint density at radius 2 is 1.95 bits per heavy atom. The molecule has 2 aliphatic rings. The number of nitrogens with zero attached hydrogens (tertiary/aromatic N) is 2. The number of nitrogens with one attached hydrogen (secondary N) is 1. The molecule has 1 aromatic heterocycles. The van der Waals surface area contributed by atoms with Gasteiger partial charge in [-0.25, -0.2) is 9.37 Å². The summed E-state index contributed by atoms with van der Waals surface area (Å²) in [5, 5.41) is 14.6. The van der Waals surface area contributed by atoms with Crippen LogP contribution in [-0.2, 0) is 11.3 Å². The van der Waals surface area contributed by atoms with Gasteiger partial charge in [-0.1, -0.05) is 0 Å². The summed E-state index contributed by atoms with van der Waals surface area (Å²) in [4.78, 5) is 31.4. The first-order chi connectivity index (χ1) is 17.9. The third-order valence-corrected chi connectivity index (χ3v) is 6.99. The first-order valence-corrected chi connectivity index (χ1v) is 12.7. The fourth-order valence-corrected chi connectivity index (χ4v) is 4.49. The number of hydrogen-bond donors (Lipinski definition) is 2. The van der Waals surface area contributed by atoms with Gasteiger partial charge < -0.3 is 24.2 Å². The van der Waals surface area contributed by atoms with Gasteiger partial charge in [-0.3, -0.25) is 14.9 Å². The maximum Gasteiger partial charge on any atom is 0.257 e. The van der Waals surface area contributed by atoms with Crippen molar-refractivity contribution in [1.82, 2.24) is 9.88 Å². The summed E-state index contributed by atoms with van der Waals surface area (Å²) in [6.07, 6.45) is 2.30. The maximum atomic E-state index is 14.9. The quantitative estimate of drug-likeness (QED) is 0.406. The lowest BCUT2D eigenvalue weighted by Gasteiger charge is -2.30. The Balaban J connectivity index is 1.38. The van der Waals surface area contributed by atoms with Crippen LogP contribution < -0.4 is 14.8 Å². The van der Waals surface area contributed by atoms with E-state index in [9.17, 15) is 19.1 Å². The van der Waals surface area contributed by atoms with E-state index in [4.69, 9.17) is 14.2 Å². The first-order valence-electron chi connectivity index (χ1n) is 11.8. The summed E-state index contributed by atoms with van der Waals surface area (Å²) < 4.78 is 31.7. The zero-order valence-electron chi connectivity index (χ0n) is 20.2. The number of carbonyl (C=O) groups excluding carboxylic acids is 2. The zero-order valence-corrected chi connectivity index (χ0v) is 21.0. The molecule has 9 nitrogen and oxygen atoms in total. The number of amides is 2. The van der Waals surface area contributed by atoms with Gasteiger partial charge in [0.15, 0.2) is 16.7 Å². The van der Waals surface area contributed by atoms with Crippen molar-refractivity contribution in [2.45, 2.75) is 31.5 Å². The third kappa shape index (κ3) is 5.74. The van der Waals surface area contributed by atoms with Crippen LogP contribution in [0.2, 0.25) is 0 Å². The number of carbonyl (C=O) groups is 2. The van der Waals surface area contributed by atoms with Gasteiger partial charge in [0.1, 0.15) is 17.1 Å². The predicted molar refractivity (Wildman–Crippen MR) is 134 cm³/mol. The molecule has 1 aliphatic carbocycles. The van der Waals surface area contributed by atoms with Crippen LogP contribution >= 0.6 is 11.3 Å². The normalized spacial score (nSPS) is 15.6. The molecule has 1 saturated carbocycles. The summed E-state index contributed by atoms with van der Waals surface area (Å²) in [6.45, 7) is 1.49. The van der Waals surface area contributed by atoms with Crippen LogP contribution in [0.5, 0.6) is 17.2 Å². The highest BCUT2D eigenvalue weighted by Gasteiger charge is 2.45. The second-order valence-electron chi connectivity index (χ2n) is 9.06. The topological polar surface area (TPSA) is 110 Å². The minimum atomic E-state index is -0.703. The lowest BCUT2D eigenvalue weighted by Crippen LogP contribution is -2.42. The molecule has 0 bridgehead atoms. The molecule has 11 heteroatoms. The fourth-order valence-electron chi connectivity index (χ4n) is 3.80. The maximum absolute atomic E-state index is 14.9. The van der Waals surface area contributed by atoms with Gasteiger partial charge in [0.05, 0.1) is 18.9 Å². The minimum Gasteiger partial charge on any atom is -0.485 e. The average molecular weight is 528 g/mol. The molecule has 2 amide bonds. The van der Waals surface area contributed by atoms with E-state index in [0.29, 0.717) is 49.1 Å². The molecule has 0 unspecified atom stereocenters. The van der Waals surface area contributed by atoms with E-state index in [1.54, 1.807) is 17.4 Å². The number of anilines is 1. The van der Waals surface area contributed by atoms with Crippen molar-refractivity contribution in [3.05, 3.63) is 64.4 Å². The number of ether oxygens (including phenoxy) is 3. The number of hydrogen-bond acceptors (Lipinski definition) is 8. The smallest absolute Gasteiger partial charge is 0.257 e. The number of aliphatic hydroxyl groups excluding tert-OH is 1. The Hall–Kier alpha value is -3.54. The minimum absolute atomic E-state index is 0.101. The van der Waals surface area contributed by atoms with Crippen molar-refractivity contribution < 1.29 is 33.3 Å². The third-order valence-electron chi connectivity index (χ3n) is 6.19. The highest BCUT2D eigenvalue weighted by molar-refractivity contribution is 7.14. The molecule has 0 radical (unpaired) electrons. The van der Waals surface area contributed by atoms with E-state index >= 15 is 0 Å². The molecular weight excluding hydrogens is 501 g/mol. The van der Waals surface area contributed by atoms with Gasteiger partial charge in [0.2, 0.25) is 0 Å². The zero-order chi connectivity index (χ0) is 26.0. The van der Waals surface area contributed by atoms with Crippen molar-refractivity contribution in [3.63, 3.8) is 0 Å². The molecule has 2 fully saturated rings. The molecule has 2 N–H and O–H groups in total. The average Bonchev–Trinajstić information content (AvgIpc) is 3.48. The molecule has 2 aromatic carbocycles. The van der Waals surface area contributed by atoms with Crippen LogP contribution in [0.4, 0.5) is 9.52 Å². The molecule has 1 aliphatic heterocycles. The number of methoxy groups -OCH3 is 1. The summed E-state index contributed by atoms with van der Waals surface area (Å²) in [5.41, 5.74) is 0.446. The molecule has 5 rings (SSSR count). The number of aliphatic hydroxyl groups is 1. The fraction of sp³-hybridized carbons (Fsp3) is 0.346. The molecule has 0 atom stereocenters. The number of thiazole rings is 1. The van der Waals surface area contributed by atoms with Crippen LogP contribution in [0.3, 0.4) is 0 Å². The van der Waals surface area contributed by atoms with E-state index in [-0.39, 0.29) is 35.1 Å². The molecule has 37 heavy (non-hydrogen) atoms. The number of likely N-dealkylation sites (tertiary alicyclic amines) is 1. The van der Waals surface area contributed by atoms with Crippen molar-refractivity contribution in [1.29, 1.82) is 0 Å². The van der Waals surface area contributed by atoms with E-state index < -0.39 is 17.3 Å². The van der Waals surface area contributed by atoms with Crippen LogP contribution in [0.1, 0.15) is 45.7 Å². The Labute approximate surface area is 216 Å². The van der Waals surface area contributed by atoms with Gasteiger partial charge in [0.25, 0.3) is 11.8 Å². The Morgan fingerprint density at radius 3 is 2.59 bits per heavy atom. The van der Waals surface area contributed by atoms with Crippen LogP contribution in [0.15, 0.2) is 41.8 Å². The molecule has 0 spiro atoms. The largest absolute Gasteiger partial charge is 0.485 e. The van der Waals surface area contributed by atoms with Crippen molar-refractivity contribution in [3.8, 4) is 17.2 Å². The molecular formula is C26H26FN3O6S. The van der Waals surface area contributed by atoms with Gasteiger partial charge in [-0.15, -0.1) is 11.3 Å². The van der Waals surface area contributed by atoms with Crippen LogP contribution in [0.25, 0.3) is 0 Å². The summed E-state index contributed by atoms with van der Waals surface area (Å²) >= 11 is 1.26. The summed E-state index contributed by atoms with van der Waals surface area (Å²) in [6, 6.07) is 8.58. The lowest BCUT2D eigenvalue weighted by atomic mass is 10.1. The molecule has 3 aromatic rings. The van der Waals surface area contributed by atoms with E-state index in [2.05, 4.69) is 10.3 Å². The highest BCUT2D eigenvalue weighted by Crippen LogP contribution is 2.41. The SMILES string of the molecule is COCc1csc(NC(=O)c2cc(Oc3ccc(C(=O)N4CCC4)cc3F)cc(OC3(CO)CC3)c2)n1. The van der Waals surface area contributed by atoms with Crippen molar-refractivity contribution >= 4 is 28.3 Å². The van der Waals surface area contributed by atoms with Gasteiger partial charge in [-0.05, 0) is 49.6 Å². The molecule has 2 heterocycles. The van der Waals surface area contributed by atoms with E-state index in [0.717, 1.165) is 12.5 Å². The van der Waals surface area contributed by atoms with Crippen molar-refractivity contribution in [2.75, 3.05) is 32.1 Å². The second kappa shape index (κ2) is 10.4. The molecule has 194 valence electrons. The monoisotopic (exact) mass is 527 g/mol. The Morgan fingerprint density at radius 1 is 1.16 bits per heavy atom. The van der Waals surface area contributed by atoms with Crippen LogP contribution in [-0.4, -0.2) is 59.2 Å². The van der Waals surface area contributed by atoms with Gasteiger partial charge in [-0.2, -0.15) is 0 Å². The van der Waals surface area contributed by atoms with E-state index in [1.165, 1.54) is 41.7 Å². The van der Waals surface area contributed by atoms with Gasteiger partial charge in [0, 0.05) is 42.8 Å². The van der Waals surface area contributed by atoms with Crippen LogP contribution in [0, 0.1) is 5.82 Å². The standard InChI is InChI=1S/C26H26FN3O6S/c1-34-13-18-14-37-25(28-18)29-23(32)17-9-19(12-20(10-17)36-26(15-31)5-6-26)35-22-4-3-16(11-21(22)27)24(33)30-7-2-8-30/h3-4,9-12,14,31H,2,5-8,13,15H2,1H3,(H,28,29,32). The summed E-state index contributed by atoms with van der Waals surface area (Å²) in [5.74, 6) is -1.02. The predicted octanol–water partition coefficient (Wildman–Crippen LogP) is 4.22. The number of halogens is 1. The second-order valence-corrected chi connectivity index (χ2v) is 9.92. The first kappa shape index (κ1) is 25.1. The molecule has 1 saturated heterocycles. The number of rotatable bonds is 10. The summed E-state index contributed by atoms with van der Waals surface area (Å²) in [7, 11) is 1.56. The van der Waals surface area contributed by atoms with E-state index in [1.807, 2.05) is 0 Å². The Kier molecular flexibility index (Phi) is 7.09. The number of aromatic nitrogens is 1. The lowest BCUT2D eigenvalue weighted by molar-refractivity contribution is 0.0651. The Bertz CT molecular complexity index is 1320. The van der Waals surface area contributed by atoms with Crippen molar-refractivity contribution in [2.24, 2.45) is 0 Å². The van der Waals surface area contributed by atoms with Gasteiger partial charge >= 0.3 is 0 Å². The highest BCUT2D eigenvalue weighted by atomic mass is 32.1.